The molecule has 0 spiro atoms. The van der Waals surface area contributed by atoms with Crippen LogP contribution in [0.4, 0.5) is 4.39 Å². The topological polar surface area (TPSA) is 70.0 Å². The summed E-state index contributed by atoms with van der Waals surface area (Å²) in [5.41, 5.74) is 3.10. The van der Waals surface area contributed by atoms with E-state index in [9.17, 15) is 4.39 Å². The number of rotatable bonds is 6. The lowest BCUT2D eigenvalue weighted by Gasteiger charge is -2.10. The number of H-pyrrole nitrogens is 1. The number of nitrogens with zero attached hydrogens (tertiary/aromatic N) is 3. The molecule has 0 aliphatic rings. The molecule has 0 bridgehead atoms. The number of halogens is 2. The molecule has 0 amide bonds. The van der Waals surface area contributed by atoms with Crippen molar-refractivity contribution in [3.05, 3.63) is 53.7 Å². The minimum absolute atomic E-state index is 0. The molecule has 1 aromatic carbocycles. The van der Waals surface area contributed by atoms with Gasteiger partial charge in [0.05, 0.1) is 12.7 Å². The third-order valence-corrected chi connectivity index (χ3v) is 3.94. The van der Waals surface area contributed by atoms with Gasteiger partial charge in [-0.05, 0) is 37.1 Å². The summed E-state index contributed by atoms with van der Waals surface area (Å²) in [6, 6.07) is 4.80. The molecule has 140 valence electrons. The number of aryl methyl sites for hydroxylation is 1. The minimum Gasteiger partial charge on any atom is -0.361 e. The van der Waals surface area contributed by atoms with E-state index in [1.807, 2.05) is 32.6 Å². The van der Waals surface area contributed by atoms with E-state index >= 15 is 0 Å². The van der Waals surface area contributed by atoms with E-state index in [-0.39, 0.29) is 29.8 Å². The van der Waals surface area contributed by atoms with Crippen molar-refractivity contribution in [3.63, 3.8) is 0 Å². The van der Waals surface area contributed by atoms with Gasteiger partial charge in [0, 0.05) is 49.0 Å². The molecule has 0 aliphatic carbocycles. The molecule has 26 heavy (non-hydrogen) atoms. The van der Waals surface area contributed by atoms with Crippen LogP contribution in [0.3, 0.4) is 0 Å². The van der Waals surface area contributed by atoms with Gasteiger partial charge >= 0.3 is 0 Å². The third kappa shape index (κ3) is 5.20. The van der Waals surface area contributed by atoms with Crippen LogP contribution in [0, 0.1) is 5.82 Å². The van der Waals surface area contributed by atoms with E-state index in [2.05, 4.69) is 25.7 Å². The van der Waals surface area contributed by atoms with Crippen molar-refractivity contribution >= 4 is 40.8 Å². The lowest BCUT2D eigenvalue weighted by atomic mass is 10.1. The smallest absolute Gasteiger partial charge is 0.191 e. The zero-order valence-electron chi connectivity index (χ0n) is 14.9. The zero-order chi connectivity index (χ0) is 17.6. The Morgan fingerprint density at radius 1 is 1.35 bits per heavy atom. The van der Waals surface area contributed by atoms with Crippen molar-refractivity contribution in [1.82, 2.24) is 25.4 Å². The van der Waals surface area contributed by atoms with Crippen molar-refractivity contribution in [1.29, 1.82) is 0 Å². The lowest BCUT2D eigenvalue weighted by molar-refractivity contribution is 0.629. The first kappa shape index (κ1) is 20.2. The third-order valence-electron chi connectivity index (χ3n) is 3.94. The highest BCUT2D eigenvalue weighted by molar-refractivity contribution is 14.0. The number of hydrogen-bond donors (Lipinski definition) is 3. The largest absolute Gasteiger partial charge is 0.361 e. The molecule has 6 nitrogen and oxygen atoms in total. The van der Waals surface area contributed by atoms with Gasteiger partial charge in [-0.15, -0.1) is 24.0 Å². The maximum Gasteiger partial charge on any atom is 0.191 e. The summed E-state index contributed by atoms with van der Waals surface area (Å²) in [4.78, 5) is 7.74. The van der Waals surface area contributed by atoms with Crippen LogP contribution in [0.2, 0.25) is 0 Å². The first-order valence-electron chi connectivity index (χ1n) is 8.41. The maximum absolute atomic E-state index is 13.4. The first-order valence-corrected chi connectivity index (χ1v) is 8.41. The number of aromatic nitrogens is 3. The van der Waals surface area contributed by atoms with Crippen LogP contribution in [-0.4, -0.2) is 33.8 Å². The van der Waals surface area contributed by atoms with E-state index in [4.69, 9.17) is 0 Å². The number of fused-ring (bicyclic) bond motifs is 1. The molecule has 2 aromatic heterocycles. The molecule has 0 atom stereocenters. The van der Waals surface area contributed by atoms with Crippen molar-refractivity contribution in [2.24, 2.45) is 12.0 Å². The summed E-state index contributed by atoms with van der Waals surface area (Å²) in [6.07, 6.45) is 6.48. The number of hydrogen-bond acceptors (Lipinski definition) is 2. The fourth-order valence-corrected chi connectivity index (χ4v) is 2.74. The number of guanidine groups is 1. The Kier molecular flexibility index (Phi) is 7.43. The van der Waals surface area contributed by atoms with E-state index in [1.165, 1.54) is 6.07 Å². The Labute approximate surface area is 169 Å². The quantitative estimate of drug-likeness (QED) is 0.295. The standard InChI is InChI=1S/C18H23FN6.HI/c1-3-20-18(23-9-13-10-24-25(2)12-13)21-7-6-14-11-22-17-5-4-15(19)8-16(14)17;/h4-5,8,10-12,22H,3,6-7,9H2,1-2H3,(H2,20,21,23);1H. The first-order chi connectivity index (χ1) is 12.2. The normalized spacial score (nSPS) is 11.4. The van der Waals surface area contributed by atoms with Gasteiger partial charge in [-0.25, -0.2) is 9.38 Å². The number of aliphatic imine (C=N–C) groups is 1. The summed E-state index contributed by atoms with van der Waals surface area (Å²) in [5, 5.41) is 11.6. The Balaban J connectivity index is 0.00000243. The van der Waals surface area contributed by atoms with Crippen molar-refractivity contribution in [2.45, 2.75) is 19.9 Å². The van der Waals surface area contributed by atoms with Gasteiger partial charge in [0.1, 0.15) is 5.82 Å². The van der Waals surface area contributed by atoms with Crippen molar-refractivity contribution < 1.29 is 4.39 Å². The van der Waals surface area contributed by atoms with Crippen LogP contribution in [0.1, 0.15) is 18.1 Å². The second-order valence-electron chi connectivity index (χ2n) is 5.90. The summed E-state index contributed by atoms with van der Waals surface area (Å²) in [5.74, 6) is 0.546. The van der Waals surface area contributed by atoms with Crippen LogP contribution in [0.25, 0.3) is 10.9 Å². The highest BCUT2D eigenvalue weighted by Gasteiger charge is 2.05. The SMILES string of the molecule is CCNC(=NCc1cnn(C)c1)NCCc1c[nH]c2ccc(F)cc12.I. The molecule has 0 saturated carbocycles. The molecule has 0 radical (unpaired) electrons. The molecule has 0 fully saturated rings. The predicted molar refractivity (Wildman–Crippen MR) is 113 cm³/mol. The molecular weight excluding hydrogens is 446 g/mol. The Morgan fingerprint density at radius 3 is 2.92 bits per heavy atom. The van der Waals surface area contributed by atoms with Gasteiger partial charge in [0.25, 0.3) is 0 Å². The highest BCUT2D eigenvalue weighted by Crippen LogP contribution is 2.19. The molecule has 3 rings (SSSR count). The van der Waals surface area contributed by atoms with Gasteiger partial charge in [-0.1, -0.05) is 0 Å². The zero-order valence-corrected chi connectivity index (χ0v) is 17.3. The molecule has 0 saturated heterocycles. The average Bonchev–Trinajstić information content (AvgIpc) is 3.19. The number of aromatic amines is 1. The number of nitrogens with one attached hydrogen (secondary N) is 3. The van der Waals surface area contributed by atoms with Crippen molar-refractivity contribution in [2.75, 3.05) is 13.1 Å². The van der Waals surface area contributed by atoms with E-state index in [0.717, 1.165) is 41.0 Å². The predicted octanol–water partition coefficient (Wildman–Crippen LogP) is 2.96. The molecule has 2 heterocycles. The molecule has 0 aliphatic heterocycles. The van der Waals surface area contributed by atoms with Crippen molar-refractivity contribution in [3.8, 4) is 0 Å². The molecule has 0 unspecified atom stereocenters. The Hall–Kier alpha value is -2.10. The van der Waals surface area contributed by atoms with Gasteiger partial charge in [-0.2, -0.15) is 5.10 Å². The van der Waals surface area contributed by atoms with E-state index < -0.39 is 0 Å². The summed E-state index contributed by atoms with van der Waals surface area (Å²) in [6.45, 7) is 4.10. The lowest BCUT2D eigenvalue weighted by Crippen LogP contribution is -2.38. The summed E-state index contributed by atoms with van der Waals surface area (Å²) >= 11 is 0. The average molecular weight is 470 g/mol. The van der Waals surface area contributed by atoms with Gasteiger partial charge in [0.15, 0.2) is 5.96 Å². The Bertz CT molecular complexity index is 870. The molecule has 8 heteroatoms. The second kappa shape index (κ2) is 9.56. The van der Waals surface area contributed by atoms with Gasteiger partial charge in [0.2, 0.25) is 0 Å². The van der Waals surface area contributed by atoms with Crippen LogP contribution in [-0.2, 0) is 20.0 Å². The highest BCUT2D eigenvalue weighted by atomic mass is 127. The van der Waals surface area contributed by atoms with Crippen LogP contribution in [0.5, 0.6) is 0 Å². The molecule has 3 aromatic rings. The molecular formula is C18H24FIN6. The summed E-state index contributed by atoms with van der Waals surface area (Å²) < 4.78 is 15.2. The maximum atomic E-state index is 13.4. The van der Waals surface area contributed by atoms with Crippen LogP contribution >= 0.6 is 24.0 Å². The second-order valence-corrected chi connectivity index (χ2v) is 5.90. The molecule has 3 N–H and O–H groups in total. The van der Waals surface area contributed by atoms with Gasteiger partial charge in [-0.3, -0.25) is 4.68 Å². The fraction of sp³-hybridized carbons (Fsp3) is 0.333. The van der Waals surface area contributed by atoms with Crippen LogP contribution in [0.15, 0.2) is 41.8 Å². The number of benzene rings is 1. The Morgan fingerprint density at radius 2 is 2.19 bits per heavy atom. The summed E-state index contributed by atoms with van der Waals surface area (Å²) in [7, 11) is 1.89. The van der Waals surface area contributed by atoms with Crippen LogP contribution < -0.4 is 10.6 Å². The minimum atomic E-state index is -0.215. The fourth-order valence-electron chi connectivity index (χ4n) is 2.74. The van der Waals surface area contributed by atoms with E-state index in [1.54, 1.807) is 16.8 Å². The monoisotopic (exact) mass is 470 g/mol. The van der Waals surface area contributed by atoms with Gasteiger partial charge < -0.3 is 15.6 Å². The van der Waals surface area contributed by atoms with E-state index in [0.29, 0.717) is 13.1 Å².